The van der Waals surface area contributed by atoms with Gasteiger partial charge in [0.25, 0.3) is 0 Å². The van der Waals surface area contributed by atoms with Crippen molar-refractivity contribution in [3.63, 3.8) is 0 Å². The predicted octanol–water partition coefficient (Wildman–Crippen LogP) is 4.01. The molecule has 3 fully saturated rings. The molecule has 1 aliphatic heterocycles. The monoisotopic (exact) mass is 380 g/mol. The van der Waals surface area contributed by atoms with Gasteiger partial charge >= 0.3 is 0 Å². The normalized spacial score (nSPS) is 46.4. The Morgan fingerprint density at radius 2 is 2.07 bits per heavy atom. The summed E-state index contributed by atoms with van der Waals surface area (Å²) >= 11 is 0. The van der Waals surface area contributed by atoms with Crippen LogP contribution in [0.1, 0.15) is 51.6 Å². The van der Waals surface area contributed by atoms with E-state index in [1.807, 2.05) is 24.2 Å². The highest BCUT2D eigenvalue weighted by molar-refractivity contribution is 5.89. The summed E-state index contributed by atoms with van der Waals surface area (Å²) in [7, 11) is 1.97. The molecule has 0 radical (unpaired) electrons. The molecule has 0 spiro atoms. The highest BCUT2D eigenvalue weighted by atomic mass is 16.3. The summed E-state index contributed by atoms with van der Waals surface area (Å²) in [5.41, 5.74) is 2.31. The van der Waals surface area contributed by atoms with Crippen molar-refractivity contribution in [1.29, 1.82) is 0 Å². The summed E-state index contributed by atoms with van der Waals surface area (Å²) in [4.78, 5) is 17.4. The van der Waals surface area contributed by atoms with Crippen LogP contribution < -0.4 is 0 Å². The molecule has 0 aromatic carbocycles. The number of hydrogen-bond acceptors (Lipinski definition) is 2. The Hall–Kier alpha value is -1.81. The molecule has 5 rings (SSSR count). The fourth-order valence-electron chi connectivity index (χ4n) is 7.37. The number of aromatic amines is 1. The van der Waals surface area contributed by atoms with E-state index in [-0.39, 0.29) is 22.8 Å². The standard InChI is InChI=1S/C24H32N2O2/c1-23-11-9-21(27)26(3)20(23)7-6-17-18(23)8-10-24(2)19(17)14-15(22(24)28)13-16-5-4-12-25-16/h4-5,9,11-13,17-20,22,25,28H,6-8,10,14H2,1-3H3/b15-13+/t17-,18+,19+,20-,22+,23-,24+/m1/s1. The lowest BCUT2D eigenvalue weighted by Gasteiger charge is -2.59. The molecule has 28 heavy (non-hydrogen) atoms. The summed E-state index contributed by atoms with van der Waals surface area (Å²) < 4.78 is 0. The third-order valence-electron chi connectivity index (χ3n) is 8.96. The lowest BCUT2D eigenvalue weighted by Crippen LogP contribution is -2.59. The largest absolute Gasteiger partial charge is 0.388 e. The fourth-order valence-corrected chi connectivity index (χ4v) is 7.37. The molecular formula is C24H32N2O2. The molecule has 4 nitrogen and oxygen atoms in total. The van der Waals surface area contributed by atoms with Crippen LogP contribution in [0, 0.1) is 28.6 Å². The van der Waals surface area contributed by atoms with Gasteiger partial charge in [-0.3, -0.25) is 4.79 Å². The molecule has 1 aromatic heterocycles. The number of hydrogen-bond donors (Lipinski definition) is 2. The third-order valence-corrected chi connectivity index (χ3v) is 8.96. The van der Waals surface area contributed by atoms with Gasteiger partial charge in [-0.05, 0) is 79.7 Å². The smallest absolute Gasteiger partial charge is 0.246 e. The van der Waals surface area contributed by atoms with Crippen LogP contribution in [0.3, 0.4) is 0 Å². The number of nitrogens with one attached hydrogen (secondary N) is 1. The number of carbonyl (C=O) groups is 1. The van der Waals surface area contributed by atoms with Gasteiger partial charge in [0.1, 0.15) is 0 Å². The van der Waals surface area contributed by atoms with Crippen molar-refractivity contribution in [2.75, 3.05) is 7.05 Å². The lowest BCUT2D eigenvalue weighted by molar-refractivity contribution is -0.140. The van der Waals surface area contributed by atoms with Gasteiger partial charge < -0.3 is 15.0 Å². The van der Waals surface area contributed by atoms with Gasteiger partial charge in [-0.15, -0.1) is 0 Å². The van der Waals surface area contributed by atoms with E-state index in [0.29, 0.717) is 23.8 Å². The van der Waals surface area contributed by atoms with Crippen LogP contribution in [-0.2, 0) is 4.79 Å². The van der Waals surface area contributed by atoms with Gasteiger partial charge in [0.15, 0.2) is 0 Å². The van der Waals surface area contributed by atoms with E-state index >= 15 is 0 Å². The first-order chi connectivity index (χ1) is 13.3. The Balaban J connectivity index is 1.49. The average molecular weight is 381 g/mol. The van der Waals surface area contributed by atoms with Gasteiger partial charge in [-0.2, -0.15) is 0 Å². The van der Waals surface area contributed by atoms with Crippen LogP contribution in [-0.4, -0.2) is 40.1 Å². The quantitative estimate of drug-likeness (QED) is 0.773. The van der Waals surface area contributed by atoms with Crippen LogP contribution in [0.15, 0.2) is 36.1 Å². The Bertz CT molecular complexity index is 841. The molecule has 3 saturated carbocycles. The van der Waals surface area contributed by atoms with E-state index in [9.17, 15) is 9.90 Å². The summed E-state index contributed by atoms with van der Waals surface area (Å²) in [6, 6.07) is 4.39. The van der Waals surface area contributed by atoms with Crippen molar-refractivity contribution in [2.24, 2.45) is 28.6 Å². The summed E-state index contributed by atoms with van der Waals surface area (Å²) in [5, 5.41) is 11.3. The molecule has 4 aliphatic rings. The van der Waals surface area contributed by atoms with E-state index in [1.165, 1.54) is 12.0 Å². The molecular weight excluding hydrogens is 348 g/mol. The SMILES string of the molecule is CN1C(=O)C=C[C@]2(C)[C@H]3CC[C@]4(C)[C@@H](O)/C(=C/c5ccc[nH]5)C[C@H]4[C@@H]3CC[C@@H]12. The fraction of sp³-hybridized carbons (Fsp3) is 0.625. The van der Waals surface area contributed by atoms with Crippen molar-refractivity contribution in [2.45, 2.75) is 58.1 Å². The molecule has 2 heterocycles. The zero-order valence-electron chi connectivity index (χ0n) is 17.2. The van der Waals surface area contributed by atoms with Crippen molar-refractivity contribution < 1.29 is 9.90 Å². The third kappa shape index (κ3) is 2.36. The maximum atomic E-state index is 12.2. The van der Waals surface area contributed by atoms with Crippen molar-refractivity contribution in [3.8, 4) is 0 Å². The zero-order valence-corrected chi connectivity index (χ0v) is 17.2. The molecule has 0 saturated heterocycles. The van der Waals surface area contributed by atoms with E-state index in [0.717, 1.165) is 31.4 Å². The first-order valence-electron chi connectivity index (χ1n) is 10.8. The minimum atomic E-state index is -0.349. The maximum absolute atomic E-state index is 12.2. The van der Waals surface area contributed by atoms with Crippen LogP contribution in [0.4, 0.5) is 0 Å². The molecule has 0 bridgehead atoms. The molecule has 2 N–H and O–H groups in total. The highest BCUT2D eigenvalue weighted by Gasteiger charge is 2.61. The molecule has 1 aromatic rings. The topological polar surface area (TPSA) is 56.3 Å². The molecule has 7 atom stereocenters. The van der Waals surface area contributed by atoms with Crippen LogP contribution in [0.25, 0.3) is 6.08 Å². The second kappa shape index (κ2) is 6.09. The van der Waals surface area contributed by atoms with Crippen molar-refractivity contribution in [1.82, 2.24) is 9.88 Å². The lowest BCUT2D eigenvalue weighted by atomic mass is 9.48. The predicted molar refractivity (Wildman–Crippen MR) is 110 cm³/mol. The summed E-state index contributed by atoms with van der Waals surface area (Å²) in [6.07, 6.45) is 13.2. The molecule has 3 aliphatic carbocycles. The van der Waals surface area contributed by atoms with Crippen LogP contribution >= 0.6 is 0 Å². The number of amides is 1. The van der Waals surface area contributed by atoms with Gasteiger partial charge in [0.2, 0.25) is 5.91 Å². The van der Waals surface area contributed by atoms with Gasteiger partial charge in [0, 0.05) is 35.8 Å². The van der Waals surface area contributed by atoms with Gasteiger partial charge in [-0.25, -0.2) is 0 Å². The minimum absolute atomic E-state index is 0.0249. The number of H-pyrrole nitrogens is 1. The first kappa shape index (κ1) is 18.2. The number of fused-ring (bicyclic) bond motifs is 5. The van der Waals surface area contributed by atoms with E-state index in [4.69, 9.17) is 0 Å². The molecule has 1 amide bonds. The molecule has 4 heteroatoms. The Morgan fingerprint density at radius 3 is 2.82 bits per heavy atom. The Kier molecular flexibility index (Phi) is 3.97. The maximum Gasteiger partial charge on any atom is 0.246 e. The second-order valence-electron chi connectivity index (χ2n) is 10.1. The number of nitrogens with zero attached hydrogens (tertiary/aromatic N) is 1. The van der Waals surface area contributed by atoms with Crippen molar-refractivity contribution >= 4 is 12.0 Å². The van der Waals surface area contributed by atoms with E-state index in [1.54, 1.807) is 6.08 Å². The summed E-state index contributed by atoms with van der Waals surface area (Å²) in [5.74, 6) is 1.88. The number of carbonyl (C=O) groups excluding carboxylic acids is 1. The van der Waals surface area contributed by atoms with Gasteiger partial charge in [-0.1, -0.05) is 19.9 Å². The number of aliphatic hydroxyl groups excluding tert-OH is 1. The Morgan fingerprint density at radius 1 is 1.25 bits per heavy atom. The minimum Gasteiger partial charge on any atom is -0.388 e. The number of likely N-dealkylation sites (N-methyl/N-ethyl adjacent to an activating group) is 1. The Labute approximate surface area is 167 Å². The first-order valence-corrected chi connectivity index (χ1v) is 10.8. The number of rotatable bonds is 1. The zero-order chi connectivity index (χ0) is 19.7. The summed E-state index contributed by atoms with van der Waals surface area (Å²) in [6.45, 7) is 4.69. The number of aliphatic hydroxyl groups is 1. The average Bonchev–Trinajstić information content (AvgIpc) is 3.27. The second-order valence-corrected chi connectivity index (χ2v) is 10.1. The number of aromatic nitrogens is 1. The van der Waals surface area contributed by atoms with Gasteiger partial charge in [0.05, 0.1) is 6.10 Å². The molecule has 150 valence electrons. The molecule has 0 unspecified atom stereocenters. The van der Waals surface area contributed by atoms with Crippen LogP contribution in [0.2, 0.25) is 0 Å². The highest BCUT2D eigenvalue weighted by Crippen LogP contribution is 2.64. The van der Waals surface area contributed by atoms with E-state index < -0.39 is 0 Å². The van der Waals surface area contributed by atoms with Crippen LogP contribution in [0.5, 0.6) is 0 Å². The van der Waals surface area contributed by atoms with Crippen molar-refractivity contribution in [3.05, 3.63) is 41.7 Å². The van der Waals surface area contributed by atoms with E-state index in [2.05, 4.69) is 37.0 Å².